The Morgan fingerprint density at radius 3 is 2.48 bits per heavy atom. The second-order valence-corrected chi connectivity index (χ2v) is 11.2. The van der Waals surface area contributed by atoms with E-state index in [9.17, 15) is 22.0 Å². The van der Waals surface area contributed by atoms with Gasteiger partial charge in [0.2, 0.25) is 9.84 Å². The Hall–Kier alpha value is -1.81. The van der Waals surface area contributed by atoms with E-state index in [1.165, 1.54) is 11.0 Å². The lowest BCUT2D eigenvalue weighted by Crippen LogP contribution is -2.79. The van der Waals surface area contributed by atoms with E-state index in [0.29, 0.717) is 18.7 Å². The predicted molar refractivity (Wildman–Crippen MR) is 100 cm³/mol. The number of pyridine rings is 1. The normalized spacial score (nSPS) is 23.7. The molecule has 160 valence electrons. The van der Waals surface area contributed by atoms with Crippen LogP contribution < -0.4 is 5.32 Å². The molecule has 1 amide bonds. The van der Waals surface area contributed by atoms with Crippen LogP contribution in [0, 0.1) is 5.41 Å². The fraction of sp³-hybridized carbons (Fsp3) is 0.684. The number of aromatic nitrogens is 1. The van der Waals surface area contributed by atoms with Crippen molar-refractivity contribution in [3.05, 3.63) is 23.5 Å². The molecule has 10 heteroatoms. The molecular weight excluding hydrogens is 404 g/mol. The smallest absolute Gasteiger partial charge is 0.411 e. The summed E-state index contributed by atoms with van der Waals surface area (Å²) in [4.78, 5) is 17.5. The Bertz CT molecular complexity index is 937. The molecule has 3 aliphatic rings. The van der Waals surface area contributed by atoms with Crippen LogP contribution in [0.5, 0.6) is 0 Å². The Morgan fingerprint density at radius 2 is 2.00 bits per heavy atom. The zero-order valence-electron chi connectivity index (χ0n) is 16.6. The van der Waals surface area contributed by atoms with Gasteiger partial charge in [0.15, 0.2) is 5.37 Å². The summed E-state index contributed by atoms with van der Waals surface area (Å²) >= 11 is 0. The molecule has 4 rings (SSSR count). The topological polar surface area (TPSA) is 88.6 Å². The minimum absolute atomic E-state index is 0.0473. The van der Waals surface area contributed by atoms with Crippen LogP contribution in [0.4, 0.5) is 13.6 Å². The molecule has 2 saturated heterocycles. The first-order chi connectivity index (χ1) is 13.4. The van der Waals surface area contributed by atoms with Gasteiger partial charge in [-0.3, -0.25) is 9.88 Å². The number of alkyl halides is 2. The van der Waals surface area contributed by atoms with Gasteiger partial charge in [-0.1, -0.05) is 0 Å². The van der Waals surface area contributed by atoms with Gasteiger partial charge in [-0.25, -0.2) is 22.0 Å². The number of likely N-dealkylation sites (tertiary alicyclic amines) is 1. The van der Waals surface area contributed by atoms with Crippen molar-refractivity contribution in [2.45, 2.75) is 61.8 Å². The summed E-state index contributed by atoms with van der Waals surface area (Å²) < 4.78 is 58.9. The van der Waals surface area contributed by atoms with Crippen LogP contribution in [0.15, 0.2) is 17.2 Å². The van der Waals surface area contributed by atoms with Gasteiger partial charge in [0, 0.05) is 31.2 Å². The summed E-state index contributed by atoms with van der Waals surface area (Å²) in [7, 11) is -4.02. The Morgan fingerprint density at radius 1 is 1.34 bits per heavy atom. The Labute approximate surface area is 168 Å². The van der Waals surface area contributed by atoms with Gasteiger partial charge < -0.3 is 10.1 Å². The summed E-state index contributed by atoms with van der Waals surface area (Å²) in [6.07, 6.45) is -0.914. The van der Waals surface area contributed by atoms with Crippen LogP contribution in [-0.2, 0) is 14.6 Å². The maximum absolute atomic E-state index is 13.6. The monoisotopic (exact) mass is 429 g/mol. The minimum atomic E-state index is -4.02. The van der Waals surface area contributed by atoms with Gasteiger partial charge in [0.1, 0.15) is 11.3 Å². The lowest BCUT2D eigenvalue weighted by Gasteiger charge is -2.60. The van der Waals surface area contributed by atoms with Crippen molar-refractivity contribution in [3.63, 3.8) is 0 Å². The second kappa shape index (κ2) is 6.60. The minimum Gasteiger partial charge on any atom is -0.444 e. The molecule has 29 heavy (non-hydrogen) atoms. The molecule has 2 aliphatic heterocycles. The number of halogens is 2. The third-order valence-electron chi connectivity index (χ3n) is 5.63. The standard InChI is InChI=1S/C19H25F2N3O4S/c1-18(2,3)28-17(25)24-10-19(8-22-9-19)16(24)29(26,27)14-7-23-13(15(20)21)6-12(14)11-4-5-11/h6-7,11,15-16,22H,4-5,8-10H2,1-3H3. The van der Waals surface area contributed by atoms with Gasteiger partial charge >= 0.3 is 6.09 Å². The van der Waals surface area contributed by atoms with Gasteiger partial charge in [0.25, 0.3) is 6.43 Å². The highest BCUT2D eigenvalue weighted by Gasteiger charge is 2.64. The van der Waals surface area contributed by atoms with E-state index in [4.69, 9.17) is 4.74 Å². The third kappa shape index (κ3) is 3.50. The molecule has 1 N–H and O–H groups in total. The van der Waals surface area contributed by atoms with E-state index in [0.717, 1.165) is 19.0 Å². The molecule has 1 aliphatic carbocycles. The molecule has 1 unspecified atom stereocenters. The number of nitrogens with one attached hydrogen (secondary N) is 1. The number of ether oxygens (including phenoxy) is 1. The zero-order chi connectivity index (χ0) is 21.2. The van der Waals surface area contributed by atoms with E-state index in [1.807, 2.05) is 0 Å². The lowest BCUT2D eigenvalue weighted by molar-refractivity contribution is -0.0734. The van der Waals surface area contributed by atoms with Crippen molar-refractivity contribution >= 4 is 15.9 Å². The van der Waals surface area contributed by atoms with Crippen LogP contribution in [0.3, 0.4) is 0 Å². The van der Waals surface area contributed by atoms with Crippen LogP contribution in [0.25, 0.3) is 0 Å². The molecule has 1 saturated carbocycles. The molecule has 7 nitrogen and oxygen atoms in total. The second-order valence-electron chi connectivity index (χ2n) is 9.19. The number of amides is 1. The van der Waals surface area contributed by atoms with E-state index in [-0.39, 0.29) is 17.4 Å². The first kappa shape index (κ1) is 20.5. The van der Waals surface area contributed by atoms with Crippen molar-refractivity contribution in [2.24, 2.45) is 5.41 Å². The number of carbonyl (C=O) groups is 1. The van der Waals surface area contributed by atoms with Crippen molar-refractivity contribution in [3.8, 4) is 0 Å². The lowest BCUT2D eigenvalue weighted by atomic mass is 9.74. The van der Waals surface area contributed by atoms with E-state index >= 15 is 0 Å². The molecule has 1 spiro atoms. The molecule has 1 aromatic heterocycles. The molecule has 3 heterocycles. The SMILES string of the molecule is CC(C)(C)OC(=O)N1CC2(CNC2)C1S(=O)(=O)c1cnc(C(F)F)cc1C1CC1. The number of hydrogen-bond donors (Lipinski definition) is 1. The van der Waals surface area contributed by atoms with Gasteiger partial charge in [-0.15, -0.1) is 0 Å². The first-order valence-electron chi connectivity index (χ1n) is 9.67. The highest BCUT2D eigenvalue weighted by Crippen LogP contribution is 2.50. The number of hydrogen-bond acceptors (Lipinski definition) is 6. The Kier molecular flexibility index (Phi) is 4.65. The summed E-state index contributed by atoms with van der Waals surface area (Å²) in [5, 5.41) is 1.99. The molecular formula is C19H25F2N3O4S. The highest BCUT2D eigenvalue weighted by molar-refractivity contribution is 7.92. The van der Waals surface area contributed by atoms with E-state index in [1.54, 1.807) is 20.8 Å². The Balaban J connectivity index is 1.72. The average molecular weight is 429 g/mol. The van der Waals surface area contributed by atoms with E-state index < -0.39 is 44.4 Å². The van der Waals surface area contributed by atoms with Gasteiger partial charge in [0.05, 0.1) is 4.90 Å². The fourth-order valence-electron chi connectivity index (χ4n) is 4.09. The summed E-state index contributed by atoms with van der Waals surface area (Å²) in [5.41, 5.74) is -1.39. The summed E-state index contributed by atoms with van der Waals surface area (Å²) in [5.74, 6) is -0.0641. The largest absolute Gasteiger partial charge is 0.444 e. The quantitative estimate of drug-likeness (QED) is 0.792. The van der Waals surface area contributed by atoms with E-state index in [2.05, 4.69) is 10.3 Å². The number of sulfone groups is 1. The molecule has 3 fully saturated rings. The summed E-state index contributed by atoms with van der Waals surface area (Å²) in [6.45, 7) is 6.36. The average Bonchev–Trinajstić information content (AvgIpc) is 3.34. The zero-order valence-corrected chi connectivity index (χ0v) is 17.4. The van der Waals surface area contributed by atoms with Crippen LogP contribution >= 0.6 is 0 Å². The van der Waals surface area contributed by atoms with Crippen molar-refractivity contribution in [1.29, 1.82) is 0 Å². The molecule has 0 aromatic carbocycles. The van der Waals surface area contributed by atoms with Gasteiger partial charge in [-0.2, -0.15) is 0 Å². The molecule has 0 radical (unpaired) electrons. The molecule has 1 atom stereocenters. The number of nitrogens with zero attached hydrogens (tertiary/aromatic N) is 2. The van der Waals surface area contributed by atoms with Crippen LogP contribution in [-0.4, -0.2) is 55.0 Å². The molecule has 0 bridgehead atoms. The first-order valence-corrected chi connectivity index (χ1v) is 11.2. The van der Waals surface area contributed by atoms with Crippen LogP contribution in [0.1, 0.15) is 57.2 Å². The fourth-order valence-corrected chi connectivity index (χ4v) is 6.48. The van der Waals surface area contributed by atoms with Crippen molar-refractivity contribution in [1.82, 2.24) is 15.2 Å². The van der Waals surface area contributed by atoms with Crippen molar-refractivity contribution < 1.29 is 26.7 Å². The maximum atomic E-state index is 13.6. The third-order valence-corrected chi connectivity index (χ3v) is 7.93. The highest BCUT2D eigenvalue weighted by atomic mass is 32.2. The number of rotatable bonds is 4. The molecule has 1 aromatic rings. The van der Waals surface area contributed by atoms with Gasteiger partial charge in [-0.05, 0) is 51.2 Å². The summed E-state index contributed by atoms with van der Waals surface area (Å²) in [6, 6.07) is 1.21. The number of carbonyl (C=O) groups excluding carboxylic acids is 1. The van der Waals surface area contributed by atoms with Crippen molar-refractivity contribution in [2.75, 3.05) is 19.6 Å². The maximum Gasteiger partial charge on any atom is 0.411 e. The predicted octanol–water partition coefficient (Wildman–Crippen LogP) is 2.84. The van der Waals surface area contributed by atoms with Crippen LogP contribution in [0.2, 0.25) is 0 Å².